The number of anilines is 1. The summed E-state index contributed by atoms with van der Waals surface area (Å²) in [5.74, 6) is 1.32. The fourth-order valence-corrected chi connectivity index (χ4v) is 5.28. The summed E-state index contributed by atoms with van der Waals surface area (Å²) < 4.78 is 8.34. The van der Waals surface area contributed by atoms with E-state index in [0.717, 1.165) is 27.2 Å². The van der Waals surface area contributed by atoms with E-state index in [4.69, 9.17) is 16.3 Å². The van der Waals surface area contributed by atoms with E-state index in [-0.39, 0.29) is 11.7 Å². The van der Waals surface area contributed by atoms with Crippen molar-refractivity contribution in [2.24, 2.45) is 0 Å². The van der Waals surface area contributed by atoms with Crippen molar-refractivity contribution in [3.05, 3.63) is 72.0 Å². The van der Waals surface area contributed by atoms with Gasteiger partial charge in [0.15, 0.2) is 16.1 Å². The van der Waals surface area contributed by atoms with E-state index >= 15 is 0 Å². The Kier molecular flexibility index (Phi) is 6.94. The Morgan fingerprint density at radius 3 is 2.77 bits per heavy atom. The molecule has 11 heteroatoms. The van der Waals surface area contributed by atoms with Crippen molar-refractivity contribution in [2.45, 2.75) is 12.1 Å². The third-order valence-electron chi connectivity index (χ3n) is 4.91. The number of carbonyl (C=O) groups excluding carboxylic acids is 1. The molecule has 0 aliphatic rings. The van der Waals surface area contributed by atoms with Gasteiger partial charge in [-0.15, -0.1) is 10.2 Å². The van der Waals surface area contributed by atoms with Crippen molar-refractivity contribution in [1.82, 2.24) is 24.7 Å². The Labute approximate surface area is 214 Å². The number of hydrogen-bond donors (Lipinski definition) is 1. The average Bonchev–Trinajstić information content (AvgIpc) is 3.47. The van der Waals surface area contributed by atoms with Crippen molar-refractivity contribution in [1.29, 1.82) is 0 Å². The van der Waals surface area contributed by atoms with Crippen LogP contribution in [0.3, 0.4) is 0 Å². The molecule has 176 valence electrons. The molecular weight excluding hydrogens is 504 g/mol. The van der Waals surface area contributed by atoms with Crippen LogP contribution in [0.4, 0.5) is 5.13 Å². The summed E-state index contributed by atoms with van der Waals surface area (Å²) >= 11 is 9.16. The second-order valence-corrected chi connectivity index (χ2v) is 9.63. The Hall–Kier alpha value is -3.47. The molecule has 0 saturated heterocycles. The molecule has 5 rings (SSSR count). The number of rotatable bonds is 8. The van der Waals surface area contributed by atoms with Crippen molar-refractivity contribution in [3.63, 3.8) is 0 Å². The van der Waals surface area contributed by atoms with Crippen molar-refractivity contribution < 1.29 is 9.53 Å². The fraction of sp³-hybridized carbons (Fsp3) is 0.125. The maximum atomic E-state index is 12.7. The summed E-state index contributed by atoms with van der Waals surface area (Å²) in [6.07, 6.45) is 3.38. The number of thiazole rings is 1. The Balaban J connectivity index is 1.36. The van der Waals surface area contributed by atoms with E-state index in [1.165, 1.54) is 23.1 Å². The molecule has 5 aromatic rings. The summed E-state index contributed by atoms with van der Waals surface area (Å²) in [5, 5.41) is 13.2. The zero-order chi connectivity index (χ0) is 24.2. The van der Waals surface area contributed by atoms with E-state index in [9.17, 15) is 4.79 Å². The van der Waals surface area contributed by atoms with E-state index in [1.807, 2.05) is 60.0 Å². The van der Waals surface area contributed by atoms with Crippen LogP contribution in [0.5, 0.6) is 5.75 Å². The third-order valence-corrected chi connectivity index (χ3v) is 7.10. The number of halogens is 1. The van der Waals surface area contributed by atoms with Gasteiger partial charge in [0.2, 0.25) is 5.91 Å². The average molecular weight is 523 g/mol. The number of carbonyl (C=O) groups is 1. The van der Waals surface area contributed by atoms with Gasteiger partial charge in [0.25, 0.3) is 0 Å². The maximum absolute atomic E-state index is 12.7. The molecule has 0 aliphatic heterocycles. The van der Waals surface area contributed by atoms with E-state index in [0.29, 0.717) is 27.7 Å². The van der Waals surface area contributed by atoms with Gasteiger partial charge in [-0.3, -0.25) is 14.3 Å². The monoisotopic (exact) mass is 522 g/mol. The van der Waals surface area contributed by atoms with Gasteiger partial charge in [0.1, 0.15) is 5.75 Å². The van der Waals surface area contributed by atoms with Gasteiger partial charge in [0.05, 0.1) is 33.3 Å². The molecule has 35 heavy (non-hydrogen) atoms. The maximum Gasteiger partial charge on any atom is 0.236 e. The Bertz CT molecular complexity index is 1490. The molecule has 0 radical (unpaired) electrons. The first kappa shape index (κ1) is 23.3. The van der Waals surface area contributed by atoms with Gasteiger partial charge >= 0.3 is 0 Å². The predicted molar refractivity (Wildman–Crippen MR) is 140 cm³/mol. The van der Waals surface area contributed by atoms with Crippen LogP contribution in [0.1, 0.15) is 6.92 Å². The van der Waals surface area contributed by atoms with Crippen LogP contribution in [0.15, 0.2) is 72.1 Å². The summed E-state index contributed by atoms with van der Waals surface area (Å²) in [4.78, 5) is 21.3. The molecule has 1 N–H and O–H groups in total. The van der Waals surface area contributed by atoms with Crippen LogP contribution < -0.4 is 10.1 Å². The fourth-order valence-electron chi connectivity index (χ4n) is 3.40. The minimum Gasteiger partial charge on any atom is -0.494 e. The second-order valence-electron chi connectivity index (χ2n) is 7.25. The summed E-state index contributed by atoms with van der Waals surface area (Å²) in [5.41, 5.74) is 2.37. The van der Waals surface area contributed by atoms with Gasteiger partial charge in [-0.25, -0.2) is 4.98 Å². The van der Waals surface area contributed by atoms with Crippen LogP contribution in [-0.2, 0) is 4.79 Å². The minimum absolute atomic E-state index is 0.124. The van der Waals surface area contributed by atoms with Crippen molar-refractivity contribution in [3.8, 4) is 22.8 Å². The van der Waals surface area contributed by atoms with E-state index < -0.39 is 0 Å². The molecule has 0 spiro atoms. The zero-order valence-corrected chi connectivity index (χ0v) is 20.9. The SMILES string of the molecule is CCOc1ccc2nc(NC(=O)CSc3nnc(-c4ccncc4)n3-c3ccccc3Cl)sc2c1. The van der Waals surface area contributed by atoms with Gasteiger partial charge in [-0.2, -0.15) is 0 Å². The first-order valence-corrected chi connectivity index (χ1v) is 12.9. The molecule has 0 fully saturated rings. The van der Waals surface area contributed by atoms with Crippen LogP contribution in [0.25, 0.3) is 27.3 Å². The lowest BCUT2D eigenvalue weighted by Crippen LogP contribution is -2.14. The van der Waals surface area contributed by atoms with Gasteiger partial charge in [-0.05, 0) is 49.4 Å². The van der Waals surface area contributed by atoms with Crippen molar-refractivity contribution in [2.75, 3.05) is 17.7 Å². The third kappa shape index (κ3) is 5.14. The summed E-state index contributed by atoms with van der Waals surface area (Å²) in [6.45, 7) is 2.53. The molecule has 3 heterocycles. The quantitative estimate of drug-likeness (QED) is 0.260. The number of hydrogen-bond acceptors (Lipinski definition) is 8. The number of thioether (sulfide) groups is 1. The van der Waals surface area contributed by atoms with Crippen LogP contribution in [-0.4, -0.2) is 43.0 Å². The number of nitrogens with zero attached hydrogens (tertiary/aromatic N) is 5. The molecule has 2 aromatic carbocycles. The highest BCUT2D eigenvalue weighted by Gasteiger charge is 2.19. The Morgan fingerprint density at radius 1 is 1.14 bits per heavy atom. The lowest BCUT2D eigenvalue weighted by molar-refractivity contribution is -0.113. The number of pyridine rings is 1. The smallest absolute Gasteiger partial charge is 0.236 e. The molecule has 8 nitrogen and oxygen atoms in total. The molecule has 0 unspecified atom stereocenters. The first-order chi connectivity index (χ1) is 17.1. The molecule has 0 saturated carbocycles. The number of para-hydroxylation sites is 1. The van der Waals surface area contributed by atoms with Crippen molar-refractivity contribution >= 4 is 56.0 Å². The van der Waals surface area contributed by atoms with Gasteiger partial charge in [-0.1, -0.05) is 46.8 Å². The largest absolute Gasteiger partial charge is 0.494 e. The zero-order valence-electron chi connectivity index (χ0n) is 18.5. The molecule has 0 atom stereocenters. The summed E-state index contributed by atoms with van der Waals surface area (Å²) in [6, 6.07) is 16.8. The predicted octanol–water partition coefficient (Wildman–Crippen LogP) is 5.72. The van der Waals surface area contributed by atoms with Crippen LogP contribution in [0, 0.1) is 0 Å². The highest BCUT2D eigenvalue weighted by molar-refractivity contribution is 7.99. The van der Waals surface area contributed by atoms with Gasteiger partial charge in [0, 0.05) is 18.0 Å². The Morgan fingerprint density at radius 2 is 1.97 bits per heavy atom. The minimum atomic E-state index is -0.196. The molecule has 3 aromatic heterocycles. The standard InChI is InChI=1S/C24H19ClN6O2S2/c1-2-33-16-7-8-18-20(13-16)35-23(27-18)28-21(32)14-34-24-30-29-22(15-9-11-26-12-10-15)31(24)19-6-4-3-5-17(19)25/h3-13H,2,14H2,1H3,(H,27,28,32). The topological polar surface area (TPSA) is 94.8 Å². The number of amides is 1. The number of benzene rings is 2. The van der Waals surface area contributed by atoms with Crippen LogP contribution >= 0.6 is 34.7 Å². The van der Waals surface area contributed by atoms with E-state index in [2.05, 4.69) is 25.5 Å². The normalized spacial score (nSPS) is 11.0. The number of ether oxygens (including phenoxy) is 1. The number of nitrogens with one attached hydrogen (secondary N) is 1. The molecular formula is C24H19ClN6O2S2. The highest BCUT2D eigenvalue weighted by atomic mass is 35.5. The molecule has 0 aliphatic carbocycles. The highest BCUT2D eigenvalue weighted by Crippen LogP contribution is 2.32. The number of aromatic nitrogens is 5. The molecule has 0 bridgehead atoms. The van der Waals surface area contributed by atoms with Gasteiger partial charge < -0.3 is 10.1 Å². The summed E-state index contributed by atoms with van der Waals surface area (Å²) in [7, 11) is 0. The lowest BCUT2D eigenvalue weighted by atomic mass is 10.2. The van der Waals surface area contributed by atoms with E-state index in [1.54, 1.807) is 18.5 Å². The first-order valence-electron chi connectivity index (χ1n) is 10.7. The molecule has 1 amide bonds. The van der Waals surface area contributed by atoms with Crippen LogP contribution in [0.2, 0.25) is 5.02 Å². The number of fused-ring (bicyclic) bond motifs is 1. The second kappa shape index (κ2) is 10.4. The lowest BCUT2D eigenvalue weighted by Gasteiger charge is -2.11.